The van der Waals surface area contributed by atoms with E-state index in [1.54, 1.807) is 31.4 Å². The van der Waals surface area contributed by atoms with Crippen molar-refractivity contribution in [2.45, 2.75) is 6.04 Å². The number of rotatable bonds is 5. The summed E-state index contributed by atoms with van der Waals surface area (Å²) in [6.45, 7) is 0. The molecule has 5 nitrogen and oxygen atoms in total. The number of carbonyl (C=O) groups excluding carboxylic acids is 2. The van der Waals surface area contributed by atoms with E-state index >= 15 is 0 Å². The van der Waals surface area contributed by atoms with Crippen molar-refractivity contribution in [2.24, 2.45) is 0 Å². The van der Waals surface area contributed by atoms with Gasteiger partial charge >= 0.3 is 5.97 Å². The highest BCUT2D eigenvalue weighted by molar-refractivity contribution is 6.27. The fourth-order valence-corrected chi connectivity index (χ4v) is 1.47. The third kappa shape index (κ3) is 3.63. The first-order chi connectivity index (χ1) is 8.62. The van der Waals surface area contributed by atoms with Crippen LogP contribution in [0.2, 0.25) is 0 Å². The van der Waals surface area contributed by atoms with E-state index in [0.29, 0.717) is 11.3 Å². The van der Waals surface area contributed by atoms with Crippen molar-refractivity contribution in [1.29, 1.82) is 0 Å². The lowest BCUT2D eigenvalue weighted by Crippen LogP contribution is -2.35. The highest BCUT2D eigenvalue weighted by Crippen LogP contribution is 2.18. The molecule has 0 unspecified atom stereocenters. The van der Waals surface area contributed by atoms with Crippen molar-refractivity contribution in [1.82, 2.24) is 5.32 Å². The van der Waals surface area contributed by atoms with E-state index in [4.69, 9.17) is 16.3 Å². The molecule has 0 aromatic heterocycles. The number of methoxy groups -OCH3 is 2. The molecule has 0 aliphatic rings. The zero-order valence-corrected chi connectivity index (χ0v) is 10.9. The Labute approximate surface area is 110 Å². The number of ether oxygens (including phenoxy) is 2. The largest absolute Gasteiger partial charge is 0.497 e. The highest BCUT2D eigenvalue weighted by Gasteiger charge is 2.23. The Kier molecular flexibility index (Phi) is 5.45. The van der Waals surface area contributed by atoms with Gasteiger partial charge in [-0.15, -0.1) is 11.6 Å². The third-order valence-corrected chi connectivity index (χ3v) is 2.56. The number of esters is 1. The summed E-state index contributed by atoms with van der Waals surface area (Å²) < 4.78 is 9.65. The number of hydrogen-bond acceptors (Lipinski definition) is 4. The Balaban J connectivity index is 2.93. The summed E-state index contributed by atoms with van der Waals surface area (Å²) in [6, 6.07) is 5.87. The average molecular weight is 272 g/mol. The van der Waals surface area contributed by atoms with Gasteiger partial charge in [0.2, 0.25) is 5.91 Å². The van der Waals surface area contributed by atoms with E-state index in [0.717, 1.165) is 0 Å². The summed E-state index contributed by atoms with van der Waals surface area (Å²) in [6.07, 6.45) is 0. The van der Waals surface area contributed by atoms with Crippen LogP contribution >= 0.6 is 11.6 Å². The molecule has 1 rings (SSSR count). The second-order valence-electron chi connectivity index (χ2n) is 3.43. The molecule has 0 spiro atoms. The minimum Gasteiger partial charge on any atom is -0.497 e. The Hall–Kier alpha value is -1.75. The van der Waals surface area contributed by atoms with Crippen LogP contribution < -0.4 is 10.1 Å². The Morgan fingerprint density at radius 3 is 2.33 bits per heavy atom. The molecule has 1 amide bonds. The number of alkyl halides is 1. The fraction of sp³-hybridized carbons (Fsp3) is 0.333. The molecule has 98 valence electrons. The van der Waals surface area contributed by atoms with Gasteiger partial charge in [-0.3, -0.25) is 4.79 Å². The van der Waals surface area contributed by atoms with Crippen LogP contribution in [0.3, 0.4) is 0 Å². The number of carbonyl (C=O) groups is 2. The topological polar surface area (TPSA) is 64.6 Å². The summed E-state index contributed by atoms with van der Waals surface area (Å²) in [4.78, 5) is 22.9. The lowest BCUT2D eigenvalue weighted by molar-refractivity contribution is -0.145. The van der Waals surface area contributed by atoms with E-state index in [1.165, 1.54) is 7.11 Å². The molecule has 1 aromatic carbocycles. The van der Waals surface area contributed by atoms with Gasteiger partial charge < -0.3 is 14.8 Å². The first kappa shape index (κ1) is 14.3. The van der Waals surface area contributed by atoms with Crippen molar-refractivity contribution < 1.29 is 19.1 Å². The second-order valence-corrected chi connectivity index (χ2v) is 3.70. The molecule has 0 saturated heterocycles. The number of hydrogen-bond donors (Lipinski definition) is 1. The molecular weight excluding hydrogens is 258 g/mol. The fourth-order valence-electron chi connectivity index (χ4n) is 1.39. The van der Waals surface area contributed by atoms with E-state index in [9.17, 15) is 9.59 Å². The summed E-state index contributed by atoms with van der Waals surface area (Å²) in [7, 11) is 2.80. The number of halogens is 1. The van der Waals surface area contributed by atoms with Crippen molar-refractivity contribution >= 4 is 23.5 Å². The zero-order chi connectivity index (χ0) is 13.5. The lowest BCUT2D eigenvalue weighted by atomic mass is 10.1. The summed E-state index contributed by atoms with van der Waals surface area (Å²) in [5.41, 5.74) is 0.598. The maximum atomic E-state index is 11.6. The standard InChI is InChI=1S/C12H14ClNO4/c1-17-9-5-3-8(4-6-9)11(12(16)18-2)14-10(15)7-13/h3-6,11H,7H2,1-2H3,(H,14,15)/t11-/m1/s1. The predicted octanol–water partition coefficient (Wildman–Crippen LogP) is 1.26. The van der Waals surface area contributed by atoms with Gasteiger partial charge in [0.25, 0.3) is 0 Å². The van der Waals surface area contributed by atoms with Crippen LogP contribution in [0.15, 0.2) is 24.3 Å². The van der Waals surface area contributed by atoms with E-state index in [2.05, 4.69) is 10.1 Å². The first-order valence-electron chi connectivity index (χ1n) is 5.19. The lowest BCUT2D eigenvalue weighted by Gasteiger charge is -2.16. The summed E-state index contributed by atoms with van der Waals surface area (Å²) >= 11 is 5.39. The predicted molar refractivity (Wildman–Crippen MR) is 66.6 cm³/mol. The van der Waals surface area contributed by atoms with E-state index in [-0.39, 0.29) is 5.88 Å². The number of benzene rings is 1. The Morgan fingerprint density at radius 2 is 1.89 bits per heavy atom. The van der Waals surface area contributed by atoms with Gasteiger partial charge in [-0.25, -0.2) is 4.79 Å². The van der Waals surface area contributed by atoms with Crippen molar-refractivity contribution in [2.75, 3.05) is 20.1 Å². The molecule has 18 heavy (non-hydrogen) atoms. The SMILES string of the molecule is COC(=O)[C@H](NC(=O)CCl)c1ccc(OC)cc1. The molecule has 0 fully saturated rings. The van der Waals surface area contributed by atoms with Crippen LogP contribution in [0, 0.1) is 0 Å². The van der Waals surface area contributed by atoms with Crippen LogP contribution in [-0.4, -0.2) is 32.0 Å². The molecule has 1 aromatic rings. The van der Waals surface area contributed by atoms with Gasteiger partial charge in [0.05, 0.1) is 14.2 Å². The molecule has 0 heterocycles. The van der Waals surface area contributed by atoms with Gasteiger partial charge in [-0.05, 0) is 17.7 Å². The minimum absolute atomic E-state index is 0.219. The summed E-state index contributed by atoms with van der Waals surface area (Å²) in [5.74, 6) is -0.559. The molecule has 0 saturated carbocycles. The maximum absolute atomic E-state index is 11.6. The van der Waals surface area contributed by atoms with Crippen LogP contribution in [-0.2, 0) is 14.3 Å². The molecular formula is C12H14ClNO4. The van der Waals surface area contributed by atoms with Gasteiger partial charge in [0.1, 0.15) is 11.6 Å². The average Bonchev–Trinajstić information content (AvgIpc) is 2.43. The molecule has 6 heteroatoms. The van der Waals surface area contributed by atoms with Crippen LogP contribution in [0.25, 0.3) is 0 Å². The Morgan fingerprint density at radius 1 is 1.28 bits per heavy atom. The smallest absolute Gasteiger partial charge is 0.333 e. The molecule has 0 aliphatic heterocycles. The molecule has 0 bridgehead atoms. The molecule has 0 aliphatic carbocycles. The molecule has 1 atom stereocenters. The number of nitrogens with one attached hydrogen (secondary N) is 1. The molecule has 1 N–H and O–H groups in total. The third-order valence-electron chi connectivity index (χ3n) is 2.31. The number of amides is 1. The van der Waals surface area contributed by atoms with E-state index in [1.807, 2.05) is 0 Å². The van der Waals surface area contributed by atoms with Gasteiger partial charge in [0.15, 0.2) is 6.04 Å². The summed E-state index contributed by atoms with van der Waals surface area (Å²) in [5, 5.41) is 2.48. The van der Waals surface area contributed by atoms with Crippen LogP contribution in [0.5, 0.6) is 5.75 Å². The van der Waals surface area contributed by atoms with Crippen molar-refractivity contribution in [3.8, 4) is 5.75 Å². The van der Waals surface area contributed by atoms with Gasteiger partial charge in [-0.2, -0.15) is 0 Å². The first-order valence-corrected chi connectivity index (χ1v) is 5.73. The maximum Gasteiger partial charge on any atom is 0.333 e. The van der Waals surface area contributed by atoms with Gasteiger partial charge in [-0.1, -0.05) is 12.1 Å². The zero-order valence-electron chi connectivity index (χ0n) is 10.1. The monoisotopic (exact) mass is 271 g/mol. The second kappa shape index (κ2) is 6.86. The van der Waals surface area contributed by atoms with E-state index < -0.39 is 17.9 Å². The van der Waals surface area contributed by atoms with Gasteiger partial charge in [0, 0.05) is 0 Å². The normalized spacial score (nSPS) is 11.5. The van der Waals surface area contributed by atoms with Crippen LogP contribution in [0.1, 0.15) is 11.6 Å². The molecule has 0 radical (unpaired) electrons. The Bertz CT molecular complexity index is 419. The quantitative estimate of drug-likeness (QED) is 0.647. The highest BCUT2D eigenvalue weighted by atomic mass is 35.5. The van der Waals surface area contributed by atoms with Crippen molar-refractivity contribution in [3.63, 3.8) is 0 Å². The minimum atomic E-state index is -0.868. The van der Waals surface area contributed by atoms with Crippen LogP contribution in [0.4, 0.5) is 0 Å². The van der Waals surface area contributed by atoms with Crippen molar-refractivity contribution in [3.05, 3.63) is 29.8 Å².